The van der Waals surface area contributed by atoms with Crippen molar-refractivity contribution in [2.24, 2.45) is 0 Å². The molecule has 79 heavy (non-hydrogen) atoms. The van der Waals surface area contributed by atoms with Gasteiger partial charge in [0, 0.05) is 33.3 Å². The fourth-order valence-corrected chi connectivity index (χ4v) is 13.2. The van der Waals surface area contributed by atoms with Gasteiger partial charge in [0.25, 0.3) is 0 Å². The van der Waals surface area contributed by atoms with Crippen molar-refractivity contribution >= 4 is 49.6 Å². The lowest BCUT2D eigenvalue weighted by Gasteiger charge is -2.34. The molecule has 2 nitrogen and oxygen atoms in total. The molecule has 0 bridgehead atoms. The number of hydrogen-bond acceptors (Lipinski definition) is 1. The van der Waals surface area contributed by atoms with Crippen LogP contribution in [0.2, 0.25) is 0 Å². The lowest BCUT2D eigenvalue weighted by atomic mass is 9.67. The van der Waals surface area contributed by atoms with Crippen molar-refractivity contribution in [1.82, 2.24) is 4.57 Å². The molecule has 0 saturated heterocycles. The summed E-state index contributed by atoms with van der Waals surface area (Å²) in [6.07, 6.45) is 0. The van der Waals surface area contributed by atoms with Gasteiger partial charge in [0.15, 0.2) is 0 Å². The molecule has 0 spiro atoms. The van der Waals surface area contributed by atoms with Gasteiger partial charge in [-0.05, 0) is 132 Å². The molecule has 13 aromatic carbocycles. The molecule has 0 N–H and O–H groups in total. The first-order valence-corrected chi connectivity index (χ1v) is 27.3. The molecule has 0 atom stereocenters. The van der Waals surface area contributed by atoms with Gasteiger partial charge in [0.2, 0.25) is 0 Å². The summed E-state index contributed by atoms with van der Waals surface area (Å²) in [5, 5.41) is 4.91. The van der Waals surface area contributed by atoms with Crippen molar-refractivity contribution in [1.29, 1.82) is 0 Å². The summed E-state index contributed by atoms with van der Waals surface area (Å²) < 4.78 is 2.40. The van der Waals surface area contributed by atoms with Gasteiger partial charge in [0.05, 0.1) is 27.8 Å². The molecular weight excluding hydrogens is 953 g/mol. The highest BCUT2D eigenvalue weighted by molar-refractivity contribution is 6.16. The van der Waals surface area contributed by atoms with E-state index in [1.807, 2.05) is 0 Å². The Hall–Kier alpha value is -10.3. The maximum Gasteiger partial charge on any atom is 0.0713 e. The van der Waals surface area contributed by atoms with Crippen LogP contribution in [0.1, 0.15) is 22.3 Å². The zero-order valence-electron chi connectivity index (χ0n) is 43.4. The van der Waals surface area contributed by atoms with Crippen LogP contribution in [-0.4, -0.2) is 4.57 Å². The molecule has 1 heterocycles. The SMILES string of the molecule is c1ccc(-c2cccc3cccc(-c4ccccc4N(c4ccc(-c5cccc6c5c5ccccc5n6-c5ccccc5)cc4)c4ccccc4-c4ccc5c(c4)C(c4ccccc4)(c4ccccc4)c4ccccc4-5)c23)cc1. The van der Waals surface area contributed by atoms with Crippen LogP contribution >= 0.6 is 0 Å². The summed E-state index contributed by atoms with van der Waals surface area (Å²) in [5.74, 6) is 0. The first-order chi connectivity index (χ1) is 39.2. The number of rotatable bonds is 10. The minimum Gasteiger partial charge on any atom is -0.309 e. The standard InChI is InChI=1S/C77H52N2/c1-5-24-53(25-6-1)62-38-21-26-55-27-22-40-67(75(55)62)66-36-15-19-43-72(66)78(60-49-46-54(47-50-60)63-39-23-45-74-76(63)68-37-16-20-44-73(68)79(74)59-32-11-4-12-33-59)71-42-18-14-34-61(71)56-48-51-65-64-35-13-17-41-69(64)77(70(65)52-56,57-28-7-2-8-29-57)58-30-9-3-10-31-58/h1-52H. The average Bonchev–Trinajstić information content (AvgIpc) is 4.23. The molecule has 370 valence electrons. The molecule has 14 aromatic rings. The Labute approximate surface area is 461 Å². The second-order valence-corrected chi connectivity index (χ2v) is 20.7. The minimum absolute atomic E-state index is 0.539. The second kappa shape index (κ2) is 19.1. The highest BCUT2D eigenvalue weighted by Gasteiger charge is 2.46. The fourth-order valence-electron chi connectivity index (χ4n) is 13.2. The number of aromatic nitrogens is 1. The summed E-state index contributed by atoms with van der Waals surface area (Å²) in [5.41, 5.74) is 23.2. The maximum absolute atomic E-state index is 2.50. The second-order valence-electron chi connectivity index (χ2n) is 20.7. The summed E-state index contributed by atoms with van der Waals surface area (Å²) in [6.45, 7) is 0. The van der Waals surface area contributed by atoms with Crippen LogP contribution in [0, 0.1) is 0 Å². The molecule has 1 aliphatic carbocycles. The molecule has 0 radical (unpaired) electrons. The zero-order valence-corrected chi connectivity index (χ0v) is 43.4. The van der Waals surface area contributed by atoms with Crippen molar-refractivity contribution in [3.05, 3.63) is 338 Å². The Morgan fingerprint density at radius 3 is 1.47 bits per heavy atom. The summed E-state index contributed by atoms with van der Waals surface area (Å²) in [7, 11) is 0. The third-order valence-electron chi connectivity index (χ3n) is 16.5. The van der Waals surface area contributed by atoms with E-state index in [0.29, 0.717) is 0 Å². The summed E-state index contributed by atoms with van der Waals surface area (Å²) in [6, 6.07) is 116. The van der Waals surface area contributed by atoms with E-state index >= 15 is 0 Å². The maximum atomic E-state index is 2.50. The molecule has 2 heteroatoms. The Balaban J connectivity index is 0.956. The highest BCUT2D eigenvalue weighted by atomic mass is 15.1. The predicted molar refractivity (Wildman–Crippen MR) is 332 cm³/mol. The lowest BCUT2D eigenvalue weighted by molar-refractivity contribution is 0.769. The van der Waals surface area contributed by atoms with E-state index in [4.69, 9.17) is 0 Å². The smallest absolute Gasteiger partial charge is 0.0713 e. The third-order valence-corrected chi connectivity index (χ3v) is 16.5. The number of hydrogen-bond donors (Lipinski definition) is 0. The van der Waals surface area contributed by atoms with Crippen LogP contribution in [0.3, 0.4) is 0 Å². The van der Waals surface area contributed by atoms with Gasteiger partial charge < -0.3 is 9.47 Å². The van der Waals surface area contributed by atoms with E-state index in [1.165, 1.54) is 88.2 Å². The molecule has 0 saturated carbocycles. The lowest BCUT2D eigenvalue weighted by Crippen LogP contribution is -2.28. The molecule has 0 aliphatic heterocycles. The van der Waals surface area contributed by atoms with E-state index in [-0.39, 0.29) is 0 Å². The van der Waals surface area contributed by atoms with Crippen molar-refractivity contribution in [3.63, 3.8) is 0 Å². The number of benzene rings is 13. The third kappa shape index (κ3) is 7.41. The quantitative estimate of drug-likeness (QED) is 0.133. The van der Waals surface area contributed by atoms with E-state index in [2.05, 4.69) is 325 Å². The van der Waals surface area contributed by atoms with Gasteiger partial charge in [-0.2, -0.15) is 0 Å². The van der Waals surface area contributed by atoms with Crippen LogP contribution in [0.25, 0.3) is 93.9 Å². The first kappa shape index (κ1) is 46.1. The fraction of sp³-hybridized carbons (Fsp3) is 0.0130. The van der Waals surface area contributed by atoms with Gasteiger partial charge in [-0.1, -0.05) is 261 Å². The van der Waals surface area contributed by atoms with Crippen molar-refractivity contribution in [2.45, 2.75) is 5.41 Å². The molecule has 1 aliphatic rings. The van der Waals surface area contributed by atoms with E-state index in [0.717, 1.165) is 45.0 Å². The van der Waals surface area contributed by atoms with Gasteiger partial charge in [-0.25, -0.2) is 0 Å². The molecule has 0 fully saturated rings. The highest BCUT2D eigenvalue weighted by Crippen LogP contribution is 2.57. The van der Waals surface area contributed by atoms with E-state index < -0.39 is 5.41 Å². The van der Waals surface area contributed by atoms with Gasteiger partial charge in [-0.15, -0.1) is 0 Å². The monoisotopic (exact) mass is 1000 g/mol. The first-order valence-electron chi connectivity index (χ1n) is 27.3. The summed E-state index contributed by atoms with van der Waals surface area (Å²) in [4.78, 5) is 2.50. The van der Waals surface area contributed by atoms with Gasteiger partial charge in [-0.3, -0.25) is 0 Å². The average molecular weight is 1010 g/mol. The van der Waals surface area contributed by atoms with Crippen molar-refractivity contribution in [2.75, 3.05) is 4.90 Å². The minimum atomic E-state index is -0.539. The van der Waals surface area contributed by atoms with Crippen LogP contribution in [0.15, 0.2) is 315 Å². The zero-order chi connectivity index (χ0) is 52.3. The molecule has 0 amide bonds. The topological polar surface area (TPSA) is 8.17 Å². The Morgan fingerprint density at radius 1 is 0.278 bits per heavy atom. The van der Waals surface area contributed by atoms with Gasteiger partial charge >= 0.3 is 0 Å². The number of para-hydroxylation sites is 4. The number of anilines is 3. The van der Waals surface area contributed by atoms with Crippen LogP contribution in [0.4, 0.5) is 17.1 Å². The molecule has 1 aromatic heterocycles. The summed E-state index contributed by atoms with van der Waals surface area (Å²) >= 11 is 0. The molecule has 0 unspecified atom stereocenters. The Kier molecular flexibility index (Phi) is 11.1. The van der Waals surface area contributed by atoms with E-state index in [1.54, 1.807) is 0 Å². The molecule has 15 rings (SSSR count). The Morgan fingerprint density at radius 2 is 0.759 bits per heavy atom. The van der Waals surface area contributed by atoms with Crippen molar-refractivity contribution in [3.8, 4) is 61.3 Å². The van der Waals surface area contributed by atoms with E-state index in [9.17, 15) is 0 Å². The Bertz CT molecular complexity index is 4530. The van der Waals surface area contributed by atoms with Crippen LogP contribution < -0.4 is 4.90 Å². The van der Waals surface area contributed by atoms with Gasteiger partial charge in [0.1, 0.15) is 0 Å². The largest absolute Gasteiger partial charge is 0.309 e. The predicted octanol–water partition coefficient (Wildman–Crippen LogP) is 20.4. The normalized spacial score (nSPS) is 12.4. The van der Waals surface area contributed by atoms with Crippen LogP contribution in [0.5, 0.6) is 0 Å². The number of fused-ring (bicyclic) bond motifs is 7. The van der Waals surface area contributed by atoms with Crippen molar-refractivity contribution < 1.29 is 0 Å². The number of nitrogens with zero attached hydrogens (tertiary/aromatic N) is 2. The molecular formula is C77H52N2. The van der Waals surface area contributed by atoms with Crippen LogP contribution in [-0.2, 0) is 5.41 Å².